The topological polar surface area (TPSA) is 29.6 Å². The van der Waals surface area contributed by atoms with Crippen molar-refractivity contribution in [3.05, 3.63) is 497 Å². The Morgan fingerprint density at radius 3 is 0.801 bits per heavy atom. The van der Waals surface area contributed by atoms with Crippen molar-refractivity contribution in [3.8, 4) is 78.6 Å². The Balaban J connectivity index is 0.000000102. The number of aromatic nitrogens is 6. The van der Waals surface area contributed by atoms with Crippen LogP contribution in [0.3, 0.4) is 0 Å². The molecule has 9 heteroatoms. The largest absolute Gasteiger partial charge is 0.309 e. The molecule has 22 aromatic carbocycles. The number of thiophene rings is 3. The smallest absolute Gasteiger partial charge is 0.0562 e. The molecule has 658 valence electrons. The number of hydrogen-bond donors (Lipinski definition) is 0. The summed E-state index contributed by atoms with van der Waals surface area (Å²) in [7, 11) is 0. The van der Waals surface area contributed by atoms with Crippen LogP contribution < -0.4 is 0 Å². The van der Waals surface area contributed by atoms with Gasteiger partial charge in [-0.25, -0.2) is 0 Å². The molecule has 0 amide bonds. The third-order valence-electron chi connectivity index (χ3n) is 29.2. The van der Waals surface area contributed by atoms with Gasteiger partial charge in [-0.2, -0.15) is 0 Å². The summed E-state index contributed by atoms with van der Waals surface area (Å²) in [6.45, 7) is 0. The van der Waals surface area contributed by atoms with Crippen molar-refractivity contribution < 1.29 is 0 Å². The molecule has 0 aliphatic rings. The fourth-order valence-electron chi connectivity index (χ4n) is 22.9. The first-order valence-electron chi connectivity index (χ1n) is 48.2. The van der Waals surface area contributed by atoms with Crippen molar-refractivity contribution in [2.45, 2.75) is 0 Å². The van der Waals surface area contributed by atoms with Crippen molar-refractivity contribution >= 4 is 225 Å². The summed E-state index contributed by atoms with van der Waals surface area (Å²) >= 11 is 5.62. The molecule has 141 heavy (non-hydrogen) atoms. The molecule has 31 rings (SSSR count). The van der Waals surface area contributed by atoms with E-state index in [1.807, 2.05) is 34.0 Å². The molecule has 0 atom stereocenters. The molecule has 9 aromatic heterocycles. The average molecular weight is 1850 g/mol. The van der Waals surface area contributed by atoms with Gasteiger partial charge < -0.3 is 27.4 Å². The van der Waals surface area contributed by atoms with E-state index in [0.29, 0.717) is 0 Å². The van der Waals surface area contributed by atoms with Gasteiger partial charge in [-0.15, -0.1) is 34.0 Å². The average Bonchev–Trinajstić information content (AvgIpc) is 1.56. The van der Waals surface area contributed by atoms with Gasteiger partial charge in [-0.3, -0.25) is 0 Å². The van der Waals surface area contributed by atoms with E-state index in [9.17, 15) is 0 Å². The van der Waals surface area contributed by atoms with E-state index in [1.165, 1.54) is 253 Å². The molecule has 31 aromatic rings. The van der Waals surface area contributed by atoms with Crippen LogP contribution in [0.15, 0.2) is 497 Å². The summed E-state index contributed by atoms with van der Waals surface area (Å²) in [4.78, 5) is 0. The van der Waals surface area contributed by atoms with Crippen molar-refractivity contribution in [1.82, 2.24) is 27.4 Å². The van der Waals surface area contributed by atoms with E-state index in [4.69, 9.17) is 0 Å². The van der Waals surface area contributed by atoms with Gasteiger partial charge in [0.25, 0.3) is 0 Å². The molecule has 0 unspecified atom stereocenters. The Morgan fingerprint density at radius 2 is 0.390 bits per heavy atom. The van der Waals surface area contributed by atoms with Crippen molar-refractivity contribution in [2.24, 2.45) is 0 Å². The first-order valence-corrected chi connectivity index (χ1v) is 50.6. The highest BCUT2D eigenvalue weighted by Gasteiger charge is 2.25. The zero-order chi connectivity index (χ0) is 92.4. The molecule has 0 aliphatic carbocycles. The highest BCUT2D eigenvalue weighted by Crippen LogP contribution is 2.49. The zero-order valence-corrected chi connectivity index (χ0v) is 78.7. The van der Waals surface area contributed by atoms with Crippen LogP contribution in [0.4, 0.5) is 0 Å². The van der Waals surface area contributed by atoms with Gasteiger partial charge in [0.05, 0.1) is 66.2 Å². The lowest BCUT2D eigenvalue weighted by molar-refractivity contribution is 1.16. The minimum Gasteiger partial charge on any atom is -0.309 e. The molecule has 0 fully saturated rings. The number of fused-ring (bicyclic) bond motifs is 27. The lowest BCUT2D eigenvalue weighted by atomic mass is 9.98. The van der Waals surface area contributed by atoms with Gasteiger partial charge >= 0.3 is 0 Å². The number of nitrogens with zero attached hydrogens (tertiary/aromatic N) is 6. The summed E-state index contributed by atoms with van der Waals surface area (Å²) in [6.07, 6.45) is 0. The lowest BCUT2D eigenvalue weighted by Gasteiger charge is -2.11. The van der Waals surface area contributed by atoms with E-state index in [2.05, 4.69) is 525 Å². The predicted molar refractivity (Wildman–Crippen MR) is 606 cm³/mol. The molecule has 0 saturated heterocycles. The Morgan fingerprint density at radius 1 is 0.121 bits per heavy atom. The molecule has 0 bridgehead atoms. The molecule has 0 aliphatic heterocycles. The summed E-state index contributed by atoms with van der Waals surface area (Å²) in [5.74, 6) is 0. The highest BCUT2D eigenvalue weighted by atomic mass is 32.1. The maximum absolute atomic E-state index is 2.43. The van der Waals surface area contributed by atoms with Gasteiger partial charge in [-0.1, -0.05) is 315 Å². The van der Waals surface area contributed by atoms with Crippen molar-refractivity contribution in [2.75, 3.05) is 0 Å². The van der Waals surface area contributed by atoms with Crippen LogP contribution in [-0.2, 0) is 0 Å². The second kappa shape index (κ2) is 32.5. The maximum atomic E-state index is 2.43. The maximum Gasteiger partial charge on any atom is 0.0562 e. The zero-order valence-electron chi connectivity index (χ0n) is 76.3. The fraction of sp³-hybridized carbons (Fsp3) is 0. The molecule has 0 saturated carbocycles. The van der Waals surface area contributed by atoms with Gasteiger partial charge in [-0.05, 0) is 226 Å². The summed E-state index contributed by atoms with van der Waals surface area (Å²) in [6, 6.07) is 182. The molecule has 9 heterocycles. The molecule has 0 spiro atoms. The molecule has 0 radical (unpaired) electrons. The minimum absolute atomic E-state index is 1.15. The Labute approximate surface area is 822 Å². The first kappa shape index (κ1) is 80.6. The van der Waals surface area contributed by atoms with E-state index >= 15 is 0 Å². The minimum atomic E-state index is 1.15. The lowest BCUT2D eigenvalue weighted by Crippen LogP contribution is -1.95. The number of rotatable bonds is 10. The van der Waals surface area contributed by atoms with E-state index < -0.39 is 0 Å². The highest BCUT2D eigenvalue weighted by molar-refractivity contribution is 7.27. The first-order chi connectivity index (χ1) is 69.9. The number of hydrogen-bond acceptors (Lipinski definition) is 3. The summed E-state index contributed by atoms with van der Waals surface area (Å²) in [5, 5.41) is 23.3. The summed E-state index contributed by atoms with van der Waals surface area (Å²) < 4.78 is 22.5. The van der Waals surface area contributed by atoms with Crippen LogP contribution in [0.2, 0.25) is 0 Å². The Hall–Kier alpha value is -17.7. The van der Waals surface area contributed by atoms with Crippen LogP contribution in [0.5, 0.6) is 0 Å². The van der Waals surface area contributed by atoms with Gasteiger partial charge in [0.15, 0.2) is 0 Å². The normalized spacial score (nSPS) is 12.0. The van der Waals surface area contributed by atoms with Crippen LogP contribution >= 0.6 is 34.0 Å². The Bertz CT molecular complexity index is 10500. The quantitative estimate of drug-likeness (QED) is 0.131. The van der Waals surface area contributed by atoms with Crippen LogP contribution in [-0.4, -0.2) is 27.4 Å². The molecule has 6 nitrogen and oxygen atoms in total. The molecule has 0 N–H and O–H groups in total. The van der Waals surface area contributed by atoms with Crippen LogP contribution in [0.25, 0.3) is 270 Å². The second-order valence-electron chi connectivity index (χ2n) is 36.9. The third kappa shape index (κ3) is 12.9. The van der Waals surface area contributed by atoms with E-state index in [-0.39, 0.29) is 0 Å². The van der Waals surface area contributed by atoms with Gasteiger partial charge in [0.2, 0.25) is 0 Å². The fourth-order valence-corrected chi connectivity index (χ4v) is 26.4. The van der Waals surface area contributed by atoms with E-state index in [1.54, 1.807) is 0 Å². The third-order valence-corrected chi connectivity index (χ3v) is 32.6. The van der Waals surface area contributed by atoms with Gasteiger partial charge in [0, 0.05) is 159 Å². The second-order valence-corrected chi connectivity index (χ2v) is 40.1. The van der Waals surface area contributed by atoms with Crippen molar-refractivity contribution in [3.63, 3.8) is 0 Å². The van der Waals surface area contributed by atoms with Crippen LogP contribution in [0.1, 0.15) is 0 Å². The predicted octanol–water partition coefficient (Wildman–Crippen LogP) is 37.4. The SMILES string of the molecule is c1ccc(-n2c3ccccc3c3cc4c5ccccc5n(-c5ccc(-c6ccc7c(c6)sc6ccccc67)cc5)c4cc32)cc1.c1ccc(-n2c3ccccc3c3cc4c5ccccc5n(-c5ccc(-c6cccc(-c7cccc8c7sc7ccccc78)c6)cc5)c4cc32)cc1.c1ccc(-n2c3ccccc3c3cc4c5ccccc5n(-c5ccc(-c6cccc7sc8ccccc8c67)cc5)c4cc32)cc1. The Kier molecular flexibility index (Phi) is 18.6. The summed E-state index contributed by atoms with van der Waals surface area (Å²) in [5.41, 5.74) is 31.5. The molecular formula is C132H82N6S3. The standard InChI is InChI=1S/C48H30N2S.2C42H26N2S/c1-2-14-34(15-3-1)49-43-21-7-4-16-37(43)41-29-42-38-17-5-8-22-44(38)50(46(42)30-45(41)49)35-26-24-31(25-27-35)32-12-10-13-33(28-32)36-19-11-20-40-39-18-6-9-23-47(39)51-48(36)40;1-2-11-28(12-3-1)43-36-17-7-4-13-31(36)34-25-35-32-14-5-8-18-37(32)44(39(35)26-38(34)43)29-23-21-27(22-24-29)30-16-10-20-41-42(30)33-15-6-9-19-40(33)45-41;1-2-10-29(11-3-1)43-37-15-7-4-12-31(37)35-25-36-32-13-5-8-16-38(32)44(40(36)26-39(35)43)30-21-18-27(19-22-30)28-20-23-34-33-14-6-9-17-41(33)45-42(34)24-28/h1-30H;2*1-26H. The number of para-hydroxylation sites is 9. The number of benzene rings is 22. The van der Waals surface area contributed by atoms with Crippen molar-refractivity contribution in [1.29, 1.82) is 0 Å². The molecular weight excluding hydrogens is 1770 g/mol. The van der Waals surface area contributed by atoms with Gasteiger partial charge in [0.1, 0.15) is 0 Å². The van der Waals surface area contributed by atoms with E-state index in [0.717, 1.165) is 17.1 Å². The monoisotopic (exact) mass is 1850 g/mol. The van der Waals surface area contributed by atoms with Crippen LogP contribution in [0, 0.1) is 0 Å².